The van der Waals surface area contributed by atoms with Gasteiger partial charge >= 0.3 is 0 Å². The van der Waals surface area contributed by atoms with Gasteiger partial charge in [0, 0.05) is 18.0 Å². The molecule has 2 N–H and O–H groups in total. The molecule has 21 heavy (non-hydrogen) atoms. The number of fused-ring (bicyclic) bond motifs is 1. The molecular formula is C17H22N2OS. The van der Waals surface area contributed by atoms with Crippen LogP contribution in [0.4, 0.5) is 0 Å². The van der Waals surface area contributed by atoms with Gasteiger partial charge in [-0.25, -0.2) is 0 Å². The van der Waals surface area contributed by atoms with Crippen molar-refractivity contribution in [2.45, 2.75) is 32.9 Å². The van der Waals surface area contributed by atoms with Crippen LogP contribution in [-0.4, -0.2) is 17.4 Å². The minimum absolute atomic E-state index is 0.273. The quantitative estimate of drug-likeness (QED) is 0.945. The summed E-state index contributed by atoms with van der Waals surface area (Å²) in [6, 6.07) is 11.6. The molecule has 1 aromatic carbocycles. The maximum Gasteiger partial charge on any atom is 0.239 e. The maximum atomic E-state index is 11.8. The molecule has 3 nitrogen and oxygen atoms in total. The molecule has 0 fully saturated rings. The predicted molar refractivity (Wildman–Crippen MR) is 88.2 cm³/mol. The van der Waals surface area contributed by atoms with E-state index in [0.29, 0.717) is 0 Å². The summed E-state index contributed by atoms with van der Waals surface area (Å²) >= 11 is 1.80. The maximum absolute atomic E-state index is 11.8. The summed E-state index contributed by atoms with van der Waals surface area (Å²) < 4.78 is 0. The highest BCUT2D eigenvalue weighted by Gasteiger charge is 2.28. The molecule has 1 unspecified atom stereocenters. The van der Waals surface area contributed by atoms with Gasteiger partial charge in [0.1, 0.15) is 6.04 Å². The van der Waals surface area contributed by atoms with Gasteiger partial charge in [-0.1, -0.05) is 44.2 Å². The van der Waals surface area contributed by atoms with Crippen LogP contribution in [0.2, 0.25) is 0 Å². The highest BCUT2D eigenvalue weighted by Crippen LogP contribution is 2.30. The second kappa shape index (κ2) is 7.38. The summed E-state index contributed by atoms with van der Waals surface area (Å²) in [6.07, 6.45) is 1.00. The zero-order chi connectivity index (χ0) is 15.2. The first-order valence-corrected chi connectivity index (χ1v) is 8.27. The number of hydrogen-bond donors (Lipinski definition) is 1. The van der Waals surface area contributed by atoms with Crippen molar-refractivity contribution in [2.24, 2.45) is 5.73 Å². The minimum atomic E-state index is -0.325. The first-order valence-electron chi connectivity index (χ1n) is 7.39. The van der Waals surface area contributed by atoms with E-state index < -0.39 is 0 Å². The summed E-state index contributed by atoms with van der Waals surface area (Å²) in [5.74, 6) is -0.273. The van der Waals surface area contributed by atoms with Gasteiger partial charge in [-0.3, -0.25) is 9.69 Å². The van der Waals surface area contributed by atoms with Gasteiger partial charge in [0.05, 0.1) is 0 Å². The smallest absolute Gasteiger partial charge is 0.239 e. The monoisotopic (exact) mass is 302 g/mol. The summed E-state index contributed by atoms with van der Waals surface area (Å²) in [5.41, 5.74) is 7.93. The molecule has 0 aliphatic carbocycles. The van der Waals surface area contributed by atoms with E-state index in [-0.39, 0.29) is 11.9 Å². The van der Waals surface area contributed by atoms with Crippen molar-refractivity contribution in [3.8, 4) is 0 Å². The number of primary amides is 1. The number of nitrogens with two attached hydrogens (primary N) is 1. The van der Waals surface area contributed by atoms with Gasteiger partial charge in [0.15, 0.2) is 0 Å². The van der Waals surface area contributed by atoms with Crippen molar-refractivity contribution in [1.82, 2.24) is 4.90 Å². The molecule has 1 aliphatic rings. The van der Waals surface area contributed by atoms with Gasteiger partial charge in [-0.15, -0.1) is 11.3 Å². The zero-order valence-corrected chi connectivity index (χ0v) is 13.4. The molecule has 1 atom stereocenters. The standard InChI is InChI=1S/C15H16N2OS.C2H6/c16-15(18)14(11-4-2-1-3-5-11)17-8-6-13-12(10-17)7-9-19-13;1-2/h1-5,7,9,14H,6,8,10H2,(H2,16,18);1-2H3. The van der Waals surface area contributed by atoms with Crippen molar-refractivity contribution in [3.05, 3.63) is 57.8 Å². The molecule has 4 heteroatoms. The molecular weight excluding hydrogens is 280 g/mol. The van der Waals surface area contributed by atoms with Crippen LogP contribution in [0.25, 0.3) is 0 Å². The third kappa shape index (κ3) is 3.52. The van der Waals surface area contributed by atoms with Crippen molar-refractivity contribution < 1.29 is 4.79 Å². The molecule has 0 saturated heterocycles. The topological polar surface area (TPSA) is 46.3 Å². The summed E-state index contributed by atoms with van der Waals surface area (Å²) in [6.45, 7) is 5.69. The van der Waals surface area contributed by atoms with Gasteiger partial charge in [0.25, 0.3) is 0 Å². The number of nitrogens with zero attached hydrogens (tertiary/aromatic N) is 1. The number of benzene rings is 1. The Balaban J connectivity index is 0.000000774. The SMILES string of the molecule is CC.NC(=O)C(c1ccccc1)N1CCc2sccc2C1. The Hall–Kier alpha value is -1.65. The number of amides is 1. The number of carbonyl (C=O) groups excluding carboxylic acids is 1. The van der Waals surface area contributed by atoms with E-state index in [2.05, 4.69) is 16.3 Å². The van der Waals surface area contributed by atoms with E-state index in [0.717, 1.165) is 25.1 Å². The van der Waals surface area contributed by atoms with E-state index in [1.807, 2.05) is 44.2 Å². The van der Waals surface area contributed by atoms with E-state index in [1.165, 1.54) is 10.4 Å². The van der Waals surface area contributed by atoms with Crippen LogP contribution in [0.5, 0.6) is 0 Å². The van der Waals surface area contributed by atoms with Gasteiger partial charge < -0.3 is 5.73 Å². The Morgan fingerprint density at radius 3 is 2.62 bits per heavy atom. The molecule has 2 heterocycles. The Bertz CT molecular complexity index is 579. The van der Waals surface area contributed by atoms with Crippen LogP contribution in [0, 0.1) is 0 Å². The average molecular weight is 302 g/mol. The van der Waals surface area contributed by atoms with Crippen LogP contribution in [-0.2, 0) is 17.8 Å². The molecule has 1 amide bonds. The van der Waals surface area contributed by atoms with E-state index >= 15 is 0 Å². The number of hydrogen-bond acceptors (Lipinski definition) is 3. The predicted octanol–water partition coefficient (Wildman–Crippen LogP) is 3.36. The highest BCUT2D eigenvalue weighted by atomic mass is 32.1. The van der Waals surface area contributed by atoms with Crippen LogP contribution in [0.15, 0.2) is 41.8 Å². The van der Waals surface area contributed by atoms with E-state index in [9.17, 15) is 4.79 Å². The molecule has 1 aliphatic heterocycles. The molecule has 112 valence electrons. The summed E-state index contributed by atoms with van der Waals surface area (Å²) in [7, 11) is 0. The lowest BCUT2D eigenvalue weighted by Crippen LogP contribution is -2.40. The normalized spacial score (nSPS) is 15.5. The van der Waals surface area contributed by atoms with E-state index in [1.54, 1.807) is 11.3 Å². The average Bonchev–Trinajstić information content (AvgIpc) is 2.98. The molecule has 0 radical (unpaired) electrons. The summed E-state index contributed by atoms with van der Waals surface area (Å²) in [5, 5.41) is 2.12. The third-order valence-corrected chi connectivity index (χ3v) is 4.61. The fourth-order valence-electron chi connectivity index (χ4n) is 2.68. The third-order valence-electron chi connectivity index (χ3n) is 3.59. The number of rotatable bonds is 3. The first-order chi connectivity index (χ1) is 10.3. The molecule has 0 spiro atoms. The van der Waals surface area contributed by atoms with Crippen molar-refractivity contribution in [2.75, 3.05) is 6.54 Å². The molecule has 0 bridgehead atoms. The zero-order valence-electron chi connectivity index (χ0n) is 12.6. The minimum Gasteiger partial charge on any atom is -0.368 e. The molecule has 3 rings (SSSR count). The van der Waals surface area contributed by atoms with Crippen molar-refractivity contribution in [3.63, 3.8) is 0 Å². The number of thiophene rings is 1. The van der Waals surface area contributed by atoms with Crippen LogP contribution in [0.3, 0.4) is 0 Å². The van der Waals surface area contributed by atoms with Crippen LogP contribution >= 0.6 is 11.3 Å². The Morgan fingerprint density at radius 1 is 1.24 bits per heavy atom. The summed E-state index contributed by atoms with van der Waals surface area (Å²) in [4.78, 5) is 15.4. The largest absolute Gasteiger partial charge is 0.368 e. The molecule has 0 saturated carbocycles. The fraction of sp³-hybridized carbons (Fsp3) is 0.353. The first kappa shape index (κ1) is 15.7. The van der Waals surface area contributed by atoms with Crippen molar-refractivity contribution >= 4 is 17.2 Å². The Kier molecular flexibility index (Phi) is 5.53. The fourth-order valence-corrected chi connectivity index (χ4v) is 3.57. The second-order valence-electron chi connectivity index (χ2n) is 4.81. The van der Waals surface area contributed by atoms with Crippen LogP contribution in [0.1, 0.15) is 35.9 Å². The molecule has 2 aromatic rings. The van der Waals surface area contributed by atoms with Gasteiger partial charge in [-0.05, 0) is 29.0 Å². The van der Waals surface area contributed by atoms with Crippen LogP contribution < -0.4 is 5.73 Å². The Morgan fingerprint density at radius 2 is 1.95 bits per heavy atom. The number of carbonyl (C=O) groups is 1. The highest BCUT2D eigenvalue weighted by molar-refractivity contribution is 7.10. The van der Waals surface area contributed by atoms with Gasteiger partial charge in [-0.2, -0.15) is 0 Å². The van der Waals surface area contributed by atoms with Crippen molar-refractivity contribution in [1.29, 1.82) is 0 Å². The second-order valence-corrected chi connectivity index (χ2v) is 5.81. The lowest BCUT2D eigenvalue weighted by Gasteiger charge is -2.32. The Labute approximate surface area is 130 Å². The van der Waals surface area contributed by atoms with Gasteiger partial charge in [0.2, 0.25) is 5.91 Å². The lowest BCUT2D eigenvalue weighted by atomic mass is 10.0. The van der Waals surface area contributed by atoms with E-state index in [4.69, 9.17) is 5.73 Å². The lowest BCUT2D eigenvalue weighted by molar-refractivity contribution is -0.123. The molecule has 1 aromatic heterocycles.